The Hall–Kier alpha value is -2.34. The van der Waals surface area contributed by atoms with Crippen LogP contribution in [0.15, 0.2) is 36.4 Å². The first-order valence-electron chi connectivity index (χ1n) is 7.90. The Labute approximate surface area is 145 Å². The van der Waals surface area contributed by atoms with E-state index in [4.69, 9.17) is 0 Å². The summed E-state index contributed by atoms with van der Waals surface area (Å²) in [5.74, 6) is -0.230. The van der Waals surface area contributed by atoms with E-state index in [1.54, 1.807) is 29.2 Å². The molecule has 0 bridgehead atoms. The van der Waals surface area contributed by atoms with Crippen molar-refractivity contribution in [1.82, 2.24) is 10.2 Å². The smallest absolute Gasteiger partial charge is 0.261 e. The highest BCUT2D eigenvalue weighted by molar-refractivity contribution is 7.13. The molecule has 2 aromatic rings. The van der Waals surface area contributed by atoms with Crippen molar-refractivity contribution in [2.45, 2.75) is 26.8 Å². The van der Waals surface area contributed by atoms with E-state index in [0.717, 1.165) is 11.3 Å². The molecule has 24 heavy (non-hydrogen) atoms. The Morgan fingerprint density at radius 3 is 2.58 bits per heavy atom. The highest BCUT2D eigenvalue weighted by Gasteiger charge is 2.16. The van der Waals surface area contributed by atoms with Gasteiger partial charge in [-0.05, 0) is 31.5 Å². The molecule has 0 saturated carbocycles. The normalized spacial score (nSPS) is 10.4. The highest BCUT2D eigenvalue weighted by Crippen LogP contribution is 2.18. The number of aryl methyl sites for hydroxylation is 1. The Bertz CT molecular complexity index is 712. The van der Waals surface area contributed by atoms with Gasteiger partial charge in [0.25, 0.3) is 5.91 Å². The van der Waals surface area contributed by atoms with Crippen LogP contribution in [-0.4, -0.2) is 34.9 Å². The van der Waals surface area contributed by atoms with Crippen LogP contribution in [0, 0.1) is 6.92 Å². The molecule has 1 aromatic carbocycles. The van der Waals surface area contributed by atoms with Crippen molar-refractivity contribution in [3.05, 3.63) is 51.7 Å². The molecule has 128 valence electrons. The molecule has 0 fully saturated rings. The molecule has 0 radical (unpaired) electrons. The maximum absolute atomic E-state index is 12.4. The molecule has 0 spiro atoms. The lowest BCUT2D eigenvalue weighted by atomic mass is 10.2. The zero-order valence-corrected chi connectivity index (χ0v) is 14.7. The number of phenolic OH excluding ortho intramolecular Hbond substituents is 1. The van der Waals surface area contributed by atoms with E-state index in [0.29, 0.717) is 23.5 Å². The topological polar surface area (TPSA) is 69.6 Å². The maximum atomic E-state index is 12.4. The van der Waals surface area contributed by atoms with Crippen molar-refractivity contribution < 1.29 is 14.7 Å². The second kappa shape index (κ2) is 8.49. The van der Waals surface area contributed by atoms with Crippen LogP contribution in [0.4, 0.5) is 0 Å². The van der Waals surface area contributed by atoms with Crippen LogP contribution in [0.5, 0.6) is 5.75 Å². The molecule has 2 amide bonds. The van der Waals surface area contributed by atoms with Gasteiger partial charge in [0.1, 0.15) is 5.75 Å². The van der Waals surface area contributed by atoms with Crippen LogP contribution in [-0.2, 0) is 11.3 Å². The van der Waals surface area contributed by atoms with Crippen LogP contribution < -0.4 is 5.32 Å². The average molecular weight is 346 g/mol. The Balaban J connectivity index is 1.96. The standard InChI is InChI=1S/C18H22N2O3S/c1-3-10-20(12-14-6-4-5-7-15(14)21)17(22)11-19-18(23)16-9-8-13(2)24-16/h4-9,21H,3,10-12H2,1-2H3,(H,19,23). The molecule has 5 nitrogen and oxygen atoms in total. The monoisotopic (exact) mass is 346 g/mol. The number of carbonyl (C=O) groups excluding carboxylic acids is 2. The number of phenols is 1. The fourth-order valence-electron chi connectivity index (χ4n) is 2.32. The summed E-state index contributed by atoms with van der Waals surface area (Å²) < 4.78 is 0. The van der Waals surface area contributed by atoms with E-state index >= 15 is 0 Å². The summed E-state index contributed by atoms with van der Waals surface area (Å²) in [6.07, 6.45) is 0.803. The van der Waals surface area contributed by atoms with Crippen LogP contribution in [0.25, 0.3) is 0 Å². The van der Waals surface area contributed by atoms with E-state index in [1.165, 1.54) is 11.3 Å². The largest absolute Gasteiger partial charge is 0.508 e. The average Bonchev–Trinajstić information content (AvgIpc) is 3.00. The first-order chi connectivity index (χ1) is 11.5. The lowest BCUT2D eigenvalue weighted by Gasteiger charge is -2.23. The number of rotatable bonds is 7. The molecule has 2 rings (SSSR count). The predicted octanol–water partition coefficient (Wildman–Crippen LogP) is 2.93. The number of amides is 2. The van der Waals surface area contributed by atoms with Crippen molar-refractivity contribution in [2.24, 2.45) is 0 Å². The fourth-order valence-corrected chi connectivity index (χ4v) is 3.11. The molecule has 2 N–H and O–H groups in total. The van der Waals surface area contributed by atoms with Gasteiger partial charge in [0.15, 0.2) is 0 Å². The SMILES string of the molecule is CCCN(Cc1ccccc1O)C(=O)CNC(=O)c1ccc(C)s1. The van der Waals surface area contributed by atoms with E-state index in [9.17, 15) is 14.7 Å². The van der Waals surface area contributed by atoms with Crippen LogP contribution >= 0.6 is 11.3 Å². The summed E-state index contributed by atoms with van der Waals surface area (Å²) >= 11 is 1.40. The van der Waals surface area contributed by atoms with Crippen LogP contribution in [0.1, 0.15) is 33.5 Å². The minimum atomic E-state index is -0.236. The van der Waals surface area contributed by atoms with Gasteiger partial charge in [-0.3, -0.25) is 9.59 Å². The summed E-state index contributed by atoms with van der Waals surface area (Å²) in [6, 6.07) is 10.6. The predicted molar refractivity (Wildman–Crippen MR) is 95.2 cm³/mol. The number of carbonyl (C=O) groups is 2. The molecule has 0 aliphatic heterocycles. The van der Waals surface area contributed by atoms with Gasteiger partial charge < -0.3 is 15.3 Å². The first-order valence-corrected chi connectivity index (χ1v) is 8.72. The molecule has 0 atom stereocenters. The van der Waals surface area contributed by atoms with Crippen molar-refractivity contribution >= 4 is 23.2 Å². The van der Waals surface area contributed by atoms with Crippen molar-refractivity contribution in [1.29, 1.82) is 0 Å². The molecule has 1 heterocycles. The summed E-state index contributed by atoms with van der Waals surface area (Å²) in [5.41, 5.74) is 0.694. The third-order valence-electron chi connectivity index (χ3n) is 3.56. The summed E-state index contributed by atoms with van der Waals surface area (Å²) in [5, 5.41) is 12.5. The zero-order valence-electron chi connectivity index (χ0n) is 13.9. The third-order valence-corrected chi connectivity index (χ3v) is 4.56. The molecular weight excluding hydrogens is 324 g/mol. The molecule has 1 aromatic heterocycles. The number of nitrogens with zero attached hydrogens (tertiary/aromatic N) is 1. The summed E-state index contributed by atoms with van der Waals surface area (Å²) in [6.45, 7) is 4.76. The van der Waals surface area contributed by atoms with Crippen LogP contribution in [0.2, 0.25) is 0 Å². The van der Waals surface area contributed by atoms with Crippen LogP contribution in [0.3, 0.4) is 0 Å². The number of nitrogens with one attached hydrogen (secondary N) is 1. The number of para-hydroxylation sites is 1. The number of hydrogen-bond donors (Lipinski definition) is 2. The van der Waals surface area contributed by atoms with Crippen molar-refractivity contribution in [2.75, 3.05) is 13.1 Å². The number of hydrogen-bond acceptors (Lipinski definition) is 4. The summed E-state index contributed by atoms with van der Waals surface area (Å²) in [4.78, 5) is 27.8. The van der Waals surface area contributed by atoms with Gasteiger partial charge in [0, 0.05) is 23.5 Å². The second-order valence-electron chi connectivity index (χ2n) is 5.54. The Morgan fingerprint density at radius 2 is 1.96 bits per heavy atom. The van der Waals surface area contributed by atoms with Crippen molar-refractivity contribution in [3.8, 4) is 5.75 Å². The van der Waals surface area contributed by atoms with E-state index in [1.807, 2.05) is 26.0 Å². The lowest BCUT2D eigenvalue weighted by Crippen LogP contribution is -2.40. The summed E-state index contributed by atoms with van der Waals surface area (Å²) in [7, 11) is 0. The van der Waals surface area contributed by atoms with Gasteiger partial charge in [0.05, 0.1) is 11.4 Å². The van der Waals surface area contributed by atoms with E-state index in [-0.39, 0.29) is 24.1 Å². The van der Waals surface area contributed by atoms with Gasteiger partial charge in [-0.1, -0.05) is 25.1 Å². The number of aromatic hydroxyl groups is 1. The minimum Gasteiger partial charge on any atom is -0.508 e. The minimum absolute atomic E-state index is 0.0522. The van der Waals surface area contributed by atoms with Crippen molar-refractivity contribution in [3.63, 3.8) is 0 Å². The Kier molecular flexibility index (Phi) is 6.37. The third kappa shape index (κ3) is 4.83. The van der Waals surface area contributed by atoms with E-state index < -0.39 is 0 Å². The molecule has 0 aliphatic rings. The zero-order chi connectivity index (χ0) is 17.5. The molecule has 6 heteroatoms. The van der Waals surface area contributed by atoms with Gasteiger partial charge >= 0.3 is 0 Å². The lowest BCUT2D eigenvalue weighted by molar-refractivity contribution is -0.130. The number of benzene rings is 1. The quantitative estimate of drug-likeness (QED) is 0.810. The molecular formula is C18H22N2O3S. The molecule has 0 aliphatic carbocycles. The maximum Gasteiger partial charge on any atom is 0.261 e. The van der Waals surface area contributed by atoms with E-state index in [2.05, 4.69) is 5.32 Å². The highest BCUT2D eigenvalue weighted by atomic mass is 32.1. The first kappa shape index (κ1) is 18.0. The fraction of sp³-hybridized carbons (Fsp3) is 0.333. The molecule has 0 unspecified atom stereocenters. The Morgan fingerprint density at radius 1 is 1.21 bits per heavy atom. The van der Waals surface area contributed by atoms with Gasteiger partial charge in [0.2, 0.25) is 5.91 Å². The van der Waals surface area contributed by atoms with Gasteiger partial charge in [-0.25, -0.2) is 0 Å². The number of thiophene rings is 1. The van der Waals surface area contributed by atoms with Gasteiger partial charge in [-0.15, -0.1) is 11.3 Å². The molecule has 0 saturated heterocycles. The second-order valence-corrected chi connectivity index (χ2v) is 6.82. The van der Waals surface area contributed by atoms with Gasteiger partial charge in [-0.2, -0.15) is 0 Å².